The summed E-state index contributed by atoms with van der Waals surface area (Å²) in [7, 11) is 0. The van der Waals surface area contributed by atoms with Gasteiger partial charge in [0.15, 0.2) is 0 Å². The number of likely N-dealkylation sites (tertiary alicyclic amines) is 1. The predicted octanol–water partition coefficient (Wildman–Crippen LogP) is 1.20. The van der Waals surface area contributed by atoms with Crippen LogP contribution >= 0.6 is 11.6 Å². The number of halogens is 1. The van der Waals surface area contributed by atoms with Gasteiger partial charge < -0.3 is 4.90 Å². The molecule has 2 rings (SSSR count). The minimum absolute atomic E-state index is 0.0251. The molecule has 0 radical (unpaired) electrons. The second-order valence-electron chi connectivity index (χ2n) is 3.84. The van der Waals surface area contributed by atoms with Crippen LogP contribution in [0.25, 0.3) is 0 Å². The third kappa shape index (κ3) is 2.39. The van der Waals surface area contributed by atoms with E-state index in [4.69, 9.17) is 11.6 Å². The summed E-state index contributed by atoms with van der Waals surface area (Å²) in [6, 6.07) is 3.72. The zero-order valence-electron chi connectivity index (χ0n) is 8.60. The maximum Gasteiger partial charge on any atom is 0.227 e. The van der Waals surface area contributed by atoms with Crippen molar-refractivity contribution >= 4 is 22.8 Å². The van der Waals surface area contributed by atoms with Crippen molar-refractivity contribution in [1.82, 2.24) is 9.88 Å². The molecular weight excluding hydrogens is 228 g/mol. The summed E-state index contributed by atoms with van der Waals surface area (Å²) in [4.78, 5) is 28.2. The zero-order chi connectivity index (χ0) is 11.5. The van der Waals surface area contributed by atoms with Crippen molar-refractivity contribution in [3.8, 4) is 0 Å². The smallest absolute Gasteiger partial charge is 0.227 e. The summed E-state index contributed by atoms with van der Waals surface area (Å²) in [5.41, 5.74) is 0.957. The monoisotopic (exact) mass is 238 g/mol. The van der Waals surface area contributed by atoms with Crippen LogP contribution in [-0.2, 0) is 16.1 Å². The van der Waals surface area contributed by atoms with Crippen molar-refractivity contribution in [2.75, 3.05) is 6.54 Å². The minimum atomic E-state index is -0.429. The lowest BCUT2D eigenvalue weighted by atomic mass is 10.1. The normalized spacial score (nSPS) is 20.2. The Bertz CT molecular complexity index is 408. The number of rotatable bonds is 3. The maximum atomic E-state index is 11.6. The largest absolute Gasteiger partial charge is 0.338 e. The first-order valence-electron chi connectivity index (χ1n) is 5.03. The van der Waals surface area contributed by atoms with Gasteiger partial charge in [0.25, 0.3) is 0 Å². The summed E-state index contributed by atoms with van der Waals surface area (Å²) in [5.74, 6) is -0.381. The Morgan fingerprint density at radius 2 is 2.44 bits per heavy atom. The summed E-state index contributed by atoms with van der Waals surface area (Å²) >= 11 is 5.39. The molecule has 0 aromatic carbocycles. The van der Waals surface area contributed by atoms with Crippen LogP contribution in [-0.4, -0.2) is 27.6 Å². The molecule has 0 saturated carbocycles. The van der Waals surface area contributed by atoms with Gasteiger partial charge in [0.1, 0.15) is 0 Å². The molecule has 84 valence electrons. The molecule has 0 unspecified atom stereocenters. The first-order valence-corrected chi connectivity index (χ1v) is 5.40. The third-order valence-corrected chi connectivity index (χ3v) is 2.94. The van der Waals surface area contributed by atoms with Gasteiger partial charge in [-0.1, -0.05) is 6.07 Å². The van der Waals surface area contributed by atoms with Gasteiger partial charge in [-0.3, -0.25) is 14.6 Å². The number of pyridine rings is 1. The highest BCUT2D eigenvalue weighted by molar-refractivity contribution is 6.64. The van der Waals surface area contributed by atoms with E-state index in [2.05, 4.69) is 4.98 Å². The van der Waals surface area contributed by atoms with Gasteiger partial charge in [0, 0.05) is 31.9 Å². The molecule has 0 spiro atoms. The van der Waals surface area contributed by atoms with E-state index in [1.807, 2.05) is 12.1 Å². The van der Waals surface area contributed by atoms with Gasteiger partial charge in [-0.15, -0.1) is 0 Å². The van der Waals surface area contributed by atoms with E-state index in [0.717, 1.165) is 5.56 Å². The Balaban J connectivity index is 2.02. The Kier molecular flexibility index (Phi) is 3.19. The van der Waals surface area contributed by atoms with Crippen LogP contribution in [0.4, 0.5) is 0 Å². The average molecular weight is 239 g/mol. The van der Waals surface area contributed by atoms with Crippen LogP contribution in [0.5, 0.6) is 0 Å². The Morgan fingerprint density at radius 3 is 3.00 bits per heavy atom. The van der Waals surface area contributed by atoms with Crippen LogP contribution in [0.1, 0.15) is 12.0 Å². The fourth-order valence-electron chi connectivity index (χ4n) is 1.79. The molecule has 1 aliphatic heterocycles. The van der Waals surface area contributed by atoms with Crippen molar-refractivity contribution in [2.45, 2.75) is 13.0 Å². The molecule has 4 nitrogen and oxygen atoms in total. The lowest BCUT2D eigenvalue weighted by molar-refractivity contribution is -0.128. The molecular formula is C11H11ClN2O2. The quantitative estimate of drug-likeness (QED) is 0.744. The molecule has 1 fully saturated rings. The lowest BCUT2D eigenvalue weighted by Crippen LogP contribution is -2.25. The number of aromatic nitrogens is 1. The number of hydrogen-bond donors (Lipinski definition) is 0. The highest BCUT2D eigenvalue weighted by Crippen LogP contribution is 2.21. The molecule has 0 bridgehead atoms. The number of amides is 1. The van der Waals surface area contributed by atoms with E-state index in [9.17, 15) is 9.59 Å². The Morgan fingerprint density at radius 1 is 1.62 bits per heavy atom. The number of carbonyl (C=O) groups is 2. The number of nitrogens with zero attached hydrogens (tertiary/aromatic N) is 2. The van der Waals surface area contributed by atoms with Crippen molar-refractivity contribution in [3.63, 3.8) is 0 Å². The molecule has 1 aromatic heterocycles. The molecule has 1 saturated heterocycles. The maximum absolute atomic E-state index is 11.6. The highest BCUT2D eigenvalue weighted by atomic mass is 35.5. The minimum Gasteiger partial charge on any atom is -0.338 e. The Labute approximate surface area is 98.2 Å². The van der Waals surface area contributed by atoms with Crippen LogP contribution < -0.4 is 0 Å². The number of hydrogen-bond acceptors (Lipinski definition) is 3. The van der Waals surface area contributed by atoms with Crippen LogP contribution in [0.2, 0.25) is 0 Å². The predicted molar refractivity (Wildman–Crippen MR) is 58.6 cm³/mol. The lowest BCUT2D eigenvalue weighted by Gasteiger charge is -2.15. The molecule has 0 N–H and O–H groups in total. The van der Waals surface area contributed by atoms with Crippen LogP contribution in [0.15, 0.2) is 24.5 Å². The summed E-state index contributed by atoms with van der Waals surface area (Å²) in [6.45, 7) is 0.906. The molecule has 1 aliphatic rings. The van der Waals surface area contributed by atoms with Crippen LogP contribution in [0.3, 0.4) is 0 Å². The molecule has 0 aliphatic carbocycles. The first-order chi connectivity index (χ1) is 7.66. The summed E-state index contributed by atoms with van der Waals surface area (Å²) in [6.07, 6.45) is 3.62. The van der Waals surface area contributed by atoms with Gasteiger partial charge in [-0.05, 0) is 23.2 Å². The molecule has 2 heterocycles. The zero-order valence-corrected chi connectivity index (χ0v) is 9.35. The van der Waals surface area contributed by atoms with Crippen molar-refractivity contribution in [3.05, 3.63) is 30.1 Å². The van der Waals surface area contributed by atoms with Crippen molar-refractivity contribution in [2.24, 2.45) is 5.92 Å². The summed E-state index contributed by atoms with van der Waals surface area (Å²) in [5, 5.41) is -0.429. The highest BCUT2D eigenvalue weighted by Gasteiger charge is 2.33. The molecule has 1 aromatic rings. The second kappa shape index (κ2) is 4.61. The fourth-order valence-corrected chi connectivity index (χ4v) is 1.94. The van der Waals surface area contributed by atoms with E-state index >= 15 is 0 Å². The van der Waals surface area contributed by atoms with E-state index in [1.165, 1.54) is 0 Å². The molecule has 16 heavy (non-hydrogen) atoms. The van der Waals surface area contributed by atoms with Gasteiger partial charge in [0.2, 0.25) is 11.1 Å². The van der Waals surface area contributed by atoms with Crippen molar-refractivity contribution in [1.29, 1.82) is 0 Å². The topological polar surface area (TPSA) is 50.3 Å². The van der Waals surface area contributed by atoms with Gasteiger partial charge in [-0.2, -0.15) is 0 Å². The van der Waals surface area contributed by atoms with Gasteiger partial charge >= 0.3 is 0 Å². The second-order valence-corrected chi connectivity index (χ2v) is 4.21. The van der Waals surface area contributed by atoms with Crippen LogP contribution in [0, 0.1) is 5.92 Å². The third-order valence-electron chi connectivity index (χ3n) is 2.63. The molecule has 1 atom stereocenters. The number of carbonyl (C=O) groups excluding carboxylic acids is 2. The van der Waals surface area contributed by atoms with Gasteiger partial charge in [0.05, 0.1) is 5.92 Å². The van der Waals surface area contributed by atoms with E-state index in [1.54, 1.807) is 17.3 Å². The first kappa shape index (κ1) is 11.1. The average Bonchev–Trinajstić information content (AvgIpc) is 2.62. The van der Waals surface area contributed by atoms with E-state index in [-0.39, 0.29) is 18.2 Å². The fraction of sp³-hybridized carbons (Fsp3) is 0.364. The van der Waals surface area contributed by atoms with Crippen molar-refractivity contribution < 1.29 is 9.59 Å². The Hall–Kier alpha value is -1.42. The standard InChI is InChI=1S/C11H11ClN2O2/c12-11(16)9-4-10(15)14(7-9)6-8-2-1-3-13-5-8/h1-3,5,9H,4,6-7H2/t9-/m0/s1. The SMILES string of the molecule is O=C(Cl)[C@H]1CC(=O)N(Cc2cccnc2)C1. The van der Waals surface area contributed by atoms with E-state index < -0.39 is 5.24 Å². The molecule has 5 heteroatoms. The van der Waals surface area contributed by atoms with E-state index in [0.29, 0.717) is 13.1 Å². The van der Waals surface area contributed by atoms with Gasteiger partial charge in [-0.25, -0.2) is 0 Å². The molecule has 1 amide bonds. The summed E-state index contributed by atoms with van der Waals surface area (Å²) < 4.78 is 0.